The lowest BCUT2D eigenvalue weighted by Crippen LogP contribution is -2.35. The van der Waals surface area contributed by atoms with Gasteiger partial charge in [-0.05, 0) is 47.4 Å². The summed E-state index contributed by atoms with van der Waals surface area (Å²) < 4.78 is 25.6. The van der Waals surface area contributed by atoms with E-state index in [1.807, 2.05) is 30.3 Å². The Morgan fingerprint density at radius 3 is 2.41 bits per heavy atom. The summed E-state index contributed by atoms with van der Waals surface area (Å²) >= 11 is 5.30. The molecule has 1 aliphatic heterocycles. The van der Waals surface area contributed by atoms with Gasteiger partial charge < -0.3 is 9.47 Å². The number of carbonyl (C=O) groups is 1. The van der Waals surface area contributed by atoms with E-state index in [-0.39, 0.29) is 18.0 Å². The number of rotatable bonds is 6. The topological polar surface area (TPSA) is 35.5 Å². The van der Waals surface area contributed by atoms with Crippen molar-refractivity contribution in [3.05, 3.63) is 59.4 Å². The average molecular weight is 386 g/mol. The summed E-state index contributed by atoms with van der Waals surface area (Å²) in [5.41, 5.74) is 2.84. The lowest BCUT2D eigenvalue weighted by molar-refractivity contribution is -0.115. The van der Waals surface area contributed by atoms with Crippen molar-refractivity contribution in [3.63, 3.8) is 0 Å². The summed E-state index contributed by atoms with van der Waals surface area (Å²) in [4.78, 5) is 11.9. The fourth-order valence-corrected chi connectivity index (χ4v) is 3.85. The van der Waals surface area contributed by atoms with Gasteiger partial charge in [0.05, 0.1) is 5.60 Å². The molecular weight excluding hydrogens is 363 g/mol. The molecular formula is C22H23FO3S. The minimum Gasteiger partial charge on any atom is -0.381 e. The van der Waals surface area contributed by atoms with Gasteiger partial charge in [-0.1, -0.05) is 36.5 Å². The molecule has 0 radical (unpaired) electrons. The SMILES string of the molecule is COC1(c2cc(F)cc(-c3ccc(C(=S)CC(C)=O)cc3)c2)CCOCC1. The van der Waals surface area contributed by atoms with Gasteiger partial charge in [-0.3, -0.25) is 4.79 Å². The van der Waals surface area contributed by atoms with E-state index in [1.165, 1.54) is 13.0 Å². The summed E-state index contributed by atoms with van der Waals surface area (Å²) in [7, 11) is 1.67. The average Bonchev–Trinajstić information content (AvgIpc) is 2.67. The highest BCUT2D eigenvalue weighted by molar-refractivity contribution is 7.80. The fraction of sp³-hybridized carbons (Fsp3) is 0.364. The van der Waals surface area contributed by atoms with Crippen molar-refractivity contribution >= 4 is 22.9 Å². The first-order valence-corrected chi connectivity index (χ1v) is 9.41. The monoisotopic (exact) mass is 386 g/mol. The maximum atomic E-state index is 14.4. The highest BCUT2D eigenvalue weighted by Gasteiger charge is 2.35. The Hall–Kier alpha value is -1.95. The Morgan fingerprint density at radius 2 is 1.81 bits per heavy atom. The van der Waals surface area contributed by atoms with Crippen LogP contribution in [0.15, 0.2) is 42.5 Å². The van der Waals surface area contributed by atoms with E-state index in [4.69, 9.17) is 21.7 Å². The van der Waals surface area contributed by atoms with Crippen LogP contribution in [0.1, 0.15) is 37.3 Å². The number of hydrogen-bond acceptors (Lipinski definition) is 4. The van der Waals surface area contributed by atoms with Crippen LogP contribution in [-0.4, -0.2) is 31.0 Å². The van der Waals surface area contributed by atoms with E-state index in [2.05, 4.69) is 0 Å². The minimum absolute atomic E-state index is 0.0418. The van der Waals surface area contributed by atoms with Crippen LogP contribution >= 0.6 is 12.2 Å². The van der Waals surface area contributed by atoms with Crippen molar-refractivity contribution in [2.24, 2.45) is 0 Å². The van der Waals surface area contributed by atoms with E-state index in [0.717, 1.165) is 22.3 Å². The van der Waals surface area contributed by atoms with Crippen LogP contribution in [0.5, 0.6) is 0 Å². The second-order valence-corrected chi connectivity index (χ2v) is 7.41. The Kier molecular flexibility index (Phi) is 6.15. The zero-order chi connectivity index (χ0) is 19.4. The molecule has 3 nitrogen and oxygen atoms in total. The van der Waals surface area contributed by atoms with Gasteiger partial charge in [0.2, 0.25) is 0 Å². The van der Waals surface area contributed by atoms with Gasteiger partial charge in [0.1, 0.15) is 11.6 Å². The number of hydrogen-bond donors (Lipinski definition) is 0. The van der Waals surface area contributed by atoms with Gasteiger partial charge in [0.25, 0.3) is 0 Å². The first kappa shape index (κ1) is 19.8. The van der Waals surface area contributed by atoms with Gasteiger partial charge in [0.15, 0.2) is 0 Å². The summed E-state index contributed by atoms with van der Waals surface area (Å²) in [6.07, 6.45) is 1.66. The number of benzene rings is 2. The molecule has 27 heavy (non-hydrogen) atoms. The van der Waals surface area contributed by atoms with Crippen LogP contribution in [0.2, 0.25) is 0 Å². The van der Waals surface area contributed by atoms with Crippen LogP contribution < -0.4 is 0 Å². The van der Waals surface area contributed by atoms with Gasteiger partial charge in [0, 0.05) is 44.5 Å². The molecule has 0 bridgehead atoms. The molecule has 3 rings (SSSR count). The Balaban J connectivity index is 1.92. The van der Waals surface area contributed by atoms with E-state index in [1.54, 1.807) is 13.2 Å². The number of halogens is 1. The third kappa shape index (κ3) is 4.49. The lowest BCUT2D eigenvalue weighted by atomic mass is 9.84. The number of ether oxygens (including phenoxy) is 2. The second-order valence-electron chi connectivity index (χ2n) is 6.92. The normalized spacial score (nSPS) is 16.1. The molecule has 0 unspecified atom stereocenters. The second kappa shape index (κ2) is 8.38. The number of ketones is 1. The summed E-state index contributed by atoms with van der Waals surface area (Å²) in [6, 6.07) is 12.6. The van der Waals surface area contributed by atoms with Crippen LogP contribution in [-0.2, 0) is 19.9 Å². The number of Topliss-reactive ketones (excluding diaryl/α,β-unsaturated/α-hetero) is 1. The zero-order valence-corrected chi connectivity index (χ0v) is 16.4. The van der Waals surface area contributed by atoms with Gasteiger partial charge in [-0.15, -0.1) is 0 Å². The Labute approximate surface area is 164 Å². The van der Waals surface area contributed by atoms with Crippen LogP contribution in [0.25, 0.3) is 11.1 Å². The molecule has 1 fully saturated rings. The van der Waals surface area contributed by atoms with Crippen molar-refractivity contribution in [1.29, 1.82) is 0 Å². The smallest absolute Gasteiger partial charge is 0.135 e. The summed E-state index contributed by atoms with van der Waals surface area (Å²) in [6.45, 7) is 2.72. The highest BCUT2D eigenvalue weighted by atomic mass is 32.1. The highest BCUT2D eigenvalue weighted by Crippen LogP contribution is 2.37. The molecule has 0 atom stereocenters. The Bertz CT molecular complexity index is 839. The van der Waals surface area contributed by atoms with Gasteiger partial charge in [-0.2, -0.15) is 0 Å². The van der Waals surface area contributed by atoms with Crippen molar-refractivity contribution in [2.75, 3.05) is 20.3 Å². The standard InChI is InChI=1S/C22H23FO3S/c1-15(24)11-21(27)17-5-3-16(4-6-17)18-12-19(14-20(23)13-18)22(25-2)7-9-26-10-8-22/h3-6,12-14H,7-11H2,1-2H3. The van der Waals surface area contributed by atoms with Crippen molar-refractivity contribution in [3.8, 4) is 11.1 Å². The maximum Gasteiger partial charge on any atom is 0.135 e. The molecule has 1 aliphatic rings. The molecule has 1 saturated heterocycles. The first-order chi connectivity index (χ1) is 12.9. The van der Waals surface area contributed by atoms with Crippen molar-refractivity contribution in [1.82, 2.24) is 0 Å². The van der Waals surface area contributed by atoms with E-state index >= 15 is 0 Å². The van der Waals surface area contributed by atoms with E-state index < -0.39 is 5.60 Å². The van der Waals surface area contributed by atoms with Crippen molar-refractivity contribution in [2.45, 2.75) is 31.8 Å². The number of carbonyl (C=O) groups excluding carboxylic acids is 1. The maximum absolute atomic E-state index is 14.4. The number of methoxy groups -OCH3 is 1. The third-order valence-electron chi connectivity index (χ3n) is 5.06. The molecule has 0 aromatic heterocycles. The fourth-order valence-electron chi connectivity index (χ4n) is 3.51. The lowest BCUT2D eigenvalue weighted by Gasteiger charge is -2.36. The molecule has 2 aromatic rings. The van der Waals surface area contributed by atoms with Crippen LogP contribution in [0.3, 0.4) is 0 Å². The Morgan fingerprint density at radius 1 is 1.15 bits per heavy atom. The molecule has 2 aromatic carbocycles. The molecule has 0 saturated carbocycles. The minimum atomic E-state index is -0.516. The molecule has 5 heteroatoms. The predicted octanol–water partition coefficient (Wildman–Crippen LogP) is 4.84. The molecule has 142 valence electrons. The largest absolute Gasteiger partial charge is 0.381 e. The molecule has 0 amide bonds. The third-order valence-corrected chi connectivity index (χ3v) is 5.44. The predicted molar refractivity (Wildman–Crippen MR) is 108 cm³/mol. The molecule has 0 spiro atoms. The number of thiocarbonyl (C=S) groups is 1. The zero-order valence-electron chi connectivity index (χ0n) is 15.6. The van der Waals surface area contributed by atoms with Crippen molar-refractivity contribution < 1.29 is 18.7 Å². The van der Waals surface area contributed by atoms with E-state index in [0.29, 0.717) is 30.9 Å². The van der Waals surface area contributed by atoms with E-state index in [9.17, 15) is 9.18 Å². The quantitative estimate of drug-likeness (QED) is 0.526. The van der Waals surface area contributed by atoms with Crippen LogP contribution in [0.4, 0.5) is 4.39 Å². The molecule has 0 aliphatic carbocycles. The first-order valence-electron chi connectivity index (χ1n) is 9.00. The van der Waals surface area contributed by atoms with Gasteiger partial charge >= 0.3 is 0 Å². The summed E-state index contributed by atoms with van der Waals surface area (Å²) in [5, 5.41) is 0. The van der Waals surface area contributed by atoms with Gasteiger partial charge in [-0.25, -0.2) is 4.39 Å². The summed E-state index contributed by atoms with van der Waals surface area (Å²) in [5.74, 6) is -0.248. The molecule has 0 N–H and O–H groups in total. The molecule has 1 heterocycles. The van der Waals surface area contributed by atoms with Crippen LogP contribution in [0, 0.1) is 5.82 Å².